The Morgan fingerprint density at radius 2 is 1.61 bits per heavy atom. The molecule has 0 aliphatic heterocycles. The molecule has 0 aliphatic carbocycles. The van der Waals surface area contributed by atoms with Crippen LogP contribution in [-0.4, -0.2) is 27.0 Å². The molecule has 0 saturated carbocycles. The number of imidazole rings is 1. The second-order valence-corrected chi connectivity index (χ2v) is 5.45. The Hall–Kier alpha value is -2.53. The lowest BCUT2D eigenvalue weighted by atomic mass is 10.3. The van der Waals surface area contributed by atoms with E-state index in [0.717, 1.165) is 23.3 Å². The number of aromatic nitrogens is 2. The van der Waals surface area contributed by atoms with Crippen LogP contribution in [0, 0.1) is 5.41 Å². The Bertz CT molecular complexity index is 836. The normalized spacial score (nSPS) is 12.4. The lowest BCUT2D eigenvalue weighted by Crippen LogP contribution is -2.31. The molecule has 1 atom stereocenters. The molecule has 1 heterocycles. The number of aliphatic hydroxyl groups excluding tert-OH is 1. The highest BCUT2D eigenvalue weighted by Gasteiger charge is 2.13. The van der Waals surface area contributed by atoms with E-state index in [4.69, 9.17) is 10.1 Å². The van der Waals surface area contributed by atoms with Gasteiger partial charge >= 0.3 is 0 Å². The van der Waals surface area contributed by atoms with Gasteiger partial charge in [-0.2, -0.15) is 0 Å². The van der Waals surface area contributed by atoms with Crippen LogP contribution in [0.3, 0.4) is 0 Å². The molecule has 0 saturated heterocycles. The number of aryl methyl sites for hydroxylation is 1. The van der Waals surface area contributed by atoms with E-state index in [2.05, 4.69) is 0 Å². The van der Waals surface area contributed by atoms with Gasteiger partial charge in [0.25, 0.3) is 0 Å². The fourth-order valence-corrected chi connectivity index (χ4v) is 2.77. The fourth-order valence-electron chi connectivity index (χ4n) is 2.77. The summed E-state index contributed by atoms with van der Waals surface area (Å²) < 4.78 is 9.36. The van der Waals surface area contributed by atoms with Crippen molar-refractivity contribution in [3.05, 3.63) is 60.2 Å². The first-order chi connectivity index (χ1) is 11.2. The molecular formula is C18H21N3O2. The number of nitrogens with one attached hydrogen (secondary N) is 1. The van der Waals surface area contributed by atoms with Crippen molar-refractivity contribution in [3.8, 4) is 5.75 Å². The van der Waals surface area contributed by atoms with Crippen LogP contribution >= 0.6 is 0 Å². The number of aliphatic hydroxyl groups is 1. The molecule has 0 amide bonds. The van der Waals surface area contributed by atoms with Crippen molar-refractivity contribution < 1.29 is 9.84 Å². The van der Waals surface area contributed by atoms with Gasteiger partial charge in [0.15, 0.2) is 0 Å². The lowest BCUT2D eigenvalue weighted by Gasteiger charge is -2.13. The molecular weight excluding hydrogens is 290 g/mol. The highest BCUT2D eigenvalue weighted by atomic mass is 16.5. The van der Waals surface area contributed by atoms with Gasteiger partial charge in [0, 0.05) is 6.54 Å². The minimum absolute atomic E-state index is 0.197. The van der Waals surface area contributed by atoms with Crippen LogP contribution in [-0.2, 0) is 13.1 Å². The monoisotopic (exact) mass is 311 g/mol. The number of hydrogen-bond acceptors (Lipinski definition) is 3. The summed E-state index contributed by atoms with van der Waals surface area (Å²) in [7, 11) is 0. The number of benzene rings is 2. The zero-order valence-corrected chi connectivity index (χ0v) is 13.1. The van der Waals surface area contributed by atoms with Crippen molar-refractivity contribution in [2.75, 3.05) is 6.61 Å². The second kappa shape index (κ2) is 6.71. The number of nitrogens with zero attached hydrogens (tertiary/aromatic N) is 2. The van der Waals surface area contributed by atoms with E-state index in [1.807, 2.05) is 70.7 Å². The standard InChI is InChI=1S/C18H21N3O2/c1-2-20-16-10-6-7-11-17(16)21(18(20)19)12-14(22)13-23-15-8-4-3-5-9-15/h3-11,14,19,22H,2,12-13H2,1H3/t14-/m1/s1. The van der Waals surface area contributed by atoms with Crippen LogP contribution in [0.15, 0.2) is 54.6 Å². The summed E-state index contributed by atoms with van der Waals surface area (Å²) in [6.07, 6.45) is -0.680. The zero-order valence-electron chi connectivity index (χ0n) is 13.1. The summed E-state index contributed by atoms with van der Waals surface area (Å²) in [6, 6.07) is 17.3. The van der Waals surface area contributed by atoms with Gasteiger partial charge in [-0.3, -0.25) is 5.41 Å². The molecule has 0 unspecified atom stereocenters. The van der Waals surface area contributed by atoms with Gasteiger partial charge in [0.1, 0.15) is 18.5 Å². The largest absolute Gasteiger partial charge is 0.491 e. The second-order valence-electron chi connectivity index (χ2n) is 5.45. The third-order valence-electron chi connectivity index (χ3n) is 3.87. The van der Waals surface area contributed by atoms with Crippen LogP contribution in [0.2, 0.25) is 0 Å². The summed E-state index contributed by atoms with van der Waals surface area (Å²) in [5.74, 6) is 0.735. The molecule has 0 spiro atoms. The summed E-state index contributed by atoms with van der Waals surface area (Å²) in [5, 5.41) is 18.6. The summed E-state index contributed by atoms with van der Waals surface area (Å²) in [6.45, 7) is 3.27. The SMILES string of the molecule is CCn1c(=N)n(C[C@@H](O)COc2ccccc2)c2ccccc21. The van der Waals surface area contributed by atoms with E-state index in [9.17, 15) is 5.11 Å². The third kappa shape index (κ3) is 3.14. The minimum atomic E-state index is -0.680. The Morgan fingerprint density at radius 3 is 2.26 bits per heavy atom. The summed E-state index contributed by atoms with van der Waals surface area (Å²) in [5.41, 5.74) is 2.36. The van der Waals surface area contributed by atoms with E-state index >= 15 is 0 Å². The van der Waals surface area contributed by atoms with Gasteiger partial charge in [-0.25, -0.2) is 0 Å². The maximum absolute atomic E-state index is 10.3. The van der Waals surface area contributed by atoms with Crippen molar-refractivity contribution in [2.24, 2.45) is 0 Å². The smallest absolute Gasteiger partial charge is 0.203 e. The maximum Gasteiger partial charge on any atom is 0.203 e. The molecule has 120 valence electrons. The molecule has 3 rings (SSSR count). The maximum atomic E-state index is 10.3. The number of hydrogen-bond donors (Lipinski definition) is 2. The molecule has 23 heavy (non-hydrogen) atoms. The Kier molecular flexibility index (Phi) is 4.48. The first-order valence-corrected chi connectivity index (χ1v) is 7.79. The molecule has 1 aromatic heterocycles. The first kappa shape index (κ1) is 15.4. The summed E-state index contributed by atoms with van der Waals surface area (Å²) in [4.78, 5) is 0. The third-order valence-corrected chi connectivity index (χ3v) is 3.87. The number of ether oxygens (including phenoxy) is 1. The Balaban J connectivity index is 1.78. The van der Waals surface area contributed by atoms with Gasteiger partial charge in [0.05, 0.1) is 17.6 Å². The van der Waals surface area contributed by atoms with E-state index < -0.39 is 6.10 Å². The van der Waals surface area contributed by atoms with Crippen LogP contribution in [0.1, 0.15) is 6.92 Å². The fraction of sp³-hybridized carbons (Fsp3) is 0.278. The Labute approximate surface area is 134 Å². The molecule has 2 aromatic carbocycles. The molecule has 3 aromatic rings. The average molecular weight is 311 g/mol. The molecule has 2 N–H and O–H groups in total. The van der Waals surface area contributed by atoms with E-state index in [-0.39, 0.29) is 6.61 Å². The van der Waals surface area contributed by atoms with Crippen LogP contribution in [0.5, 0.6) is 5.75 Å². The topological polar surface area (TPSA) is 63.2 Å². The van der Waals surface area contributed by atoms with Crippen LogP contribution in [0.4, 0.5) is 0 Å². The highest BCUT2D eigenvalue weighted by Crippen LogP contribution is 2.14. The van der Waals surface area contributed by atoms with Gasteiger partial charge in [-0.1, -0.05) is 30.3 Å². The minimum Gasteiger partial charge on any atom is -0.491 e. The lowest BCUT2D eigenvalue weighted by molar-refractivity contribution is 0.0921. The zero-order chi connectivity index (χ0) is 16.2. The molecule has 0 radical (unpaired) electrons. The molecule has 5 heteroatoms. The molecule has 0 bridgehead atoms. The van der Waals surface area contributed by atoms with Crippen molar-refractivity contribution in [2.45, 2.75) is 26.1 Å². The predicted molar refractivity (Wildman–Crippen MR) is 89.4 cm³/mol. The van der Waals surface area contributed by atoms with Crippen LogP contribution < -0.4 is 10.4 Å². The number of rotatable bonds is 6. The van der Waals surface area contributed by atoms with Crippen LogP contribution in [0.25, 0.3) is 11.0 Å². The van der Waals surface area contributed by atoms with Crippen molar-refractivity contribution in [1.82, 2.24) is 9.13 Å². The predicted octanol–water partition coefficient (Wildman–Crippen LogP) is 2.38. The van der Waals surface area contributed by atoms with Crippen molar-refractivity contribution in [1.29, 1.82) is 5.41 Å². The van der Waals surface area contributed by atoms with Gasteiger partial charge < -0.3 is 19.0 Å². The molecule has 0 fully saturated rings. The van der Waals surface area contributed by atoms with Crippen molar-refractivity contribution in [3.63, 3.8) is 0 Å². The number of fused-ring (bicyclic) bond motifs is 1. The van der Waals surface area contributed by atoms with Gasteiger partial charge in [-0.05, 0) is 31.2 Å². The van der Waals surface area contributed by atoms with Gasteiger partial charge in [0.2, 0.25) is 5.62 Å². The highest BCUT2D eigenvalue weighted by molar-refractivity contribution is 5.75. The molecule has 5 nitrogen and oxygen atoms in total. The van der Waals surface area contributed by atoms with E-state index in [0.29, 0.717) is 12.2 Å². The van der Waals surface area contributed by atoms with E-state index in [1.165, 1.54) is 0 Å². The Morgan fingerprint density at radius 1 is 1.00 bits per heavy atom. The van der Waals surface area contributed by atoms with Crippen molar-refractivity contribution >= 4 is 11.0 Å². The molecule has 0 aliphatic rings. The number of para-hydroxylation sites is 3. The summed E-state index contributed by atoms with van der Waals surface area (Å²) >= 11 is 0. The first-order valence-electron chi connectivity index (χ1n) is 7.79. The quantitative estimate of drug-likeness (QED) is 0.734. The average Bonchev–Trinajstić information content (AvgIpc) is 2.85. The van der Waals surface area contributed by atoms with E-state index in [1.54, 1.807) is 0 Å². The van der Waals surface area contributed by atoms with Gasteiger partial charge in [-0.15, -0.1) is 0 Å².